The lowest BCUT2D eigenvalue weighted by Crippen LogP contribution is -2.64. The lowest BCUT2D eigenvalue weighted by atomic mass is 9.85. The number of ether oxygens (including phenoxy) is 2. The molecule has 14 heteroatoms. The standard InChI is InChI=1S/C53H97O13P/c1-3-5-7-9-11-13-15-17-19-20-21-22-23-24-25-26-28-30-32-34-36-38-40-42-47(55)65-45(44-64-67(61,62)66-53-51(59)49(57)48(56)50(58)52(53)60)43-63-46(54)41-39-37-35-33-31-29-27-18-16-14-12-10-8-6-4-2/h4,26,28,34,36,45,48-53,56-60H,2-3,5-25,27,29-33,35,37-44H2,1H3,(H,61,62)/b28-26+,36-34+/t45-,48?,49-,50?,51?,52?,53?/m1/s1. The monoisotopic (exact) mass is 973 g/mol. The highest BCUT2D eigenvalue weighted by Gasteiger charge is 2.51. The second-order valence-corrected chi connectivity index (χ2v) is 20.2. The topological polar surface area (TPSA) is 210 Å². The van der Waals surface area contributed by atoms with Gasteiger partial charge in [-0.15, -0.1) is 6.58 Å². The number of phosphoric ester groups is 1. The molecule has 6 unspecified atom stereocenters. The van der Waals surface area contributed by atoms with Crippen LogP contribution in [0.5, 0.6) is 0 Å². The Morgan fingerprint density at radius 3 is 1.33 bits per heavy atom. The van der Waals surface area contributed by atoms with Crippen LogP contribution in [0.25, 0.3) is 0 Å². The van der Waals surface area contributed by atoms with Crippen molar-refractivity contribution in [2.24, 2.45) is 0 Å². The third-order valence-electron chi connectivity index (χ3n) is 12.6. The summed E-state index contributed by atoms with van der Waals surface area (Å²) in [6, 6.07) is 0. The van der Waals surface area contributed by atoms with Crippen molar-refractivity contribution in [2.45, 2.75) is 274 Å². The fraction of sp³-hybridized carbons (Fsp3) is 0.849. The molecule has 0 aliphatic heterocycles. The number of carbonyl (C=O) groups is 2. The van der Waals surface area contributed by atoms with Crippen LogP contribution in [0.4, 0.5) is 0 Å². The van der Waals surface area contributed by atoms with Gasteiger partial charge in [-0.1, -0.05) is 191 Å². The predicted molar refractivity (Wildman–Crippen MR) is 267 cm³/mol. The second-order valence-electron chi connectivity index (χ2n) is 18.8. The number of carbonyl (C=O) groups excluding carboxylic acids is 2. The minimum Gasteiger partial charge on any atom is -0.462 e. The van der Waals surface area contributed by atoms with E-state index in [1.54, 1.807) is 0 Å². The highest BCUT2D eigenvalue weighted by atomic mass is 31.2. The fourth-order valence-electron chi connectivity index (χ4n) is 8.29. The van der Waals surface area contributed by atoms with E-state index in [1.807, 2.05) is 12.2 Å². The first-order chi connectivity index (χ1) is 32.4. The van der Waals surface area contributed by atoms with Crippen molar-refractivity contribution in [1.29, 1.82) is 0 Å². The van der Waals surface area contributed by atoms with E-state index in [0.717, 1.165) is 44.9 Å². The van der Waals surface area contributed by atoms with E-state index < -0.39 is 75.7 Å². The molecule has 0 bridgehead atoms. The van der Waals surface area contributed by atoms with Gasteiger partial charge < -0.3 is 39.9 Å². The zero-order chi connectivity index (χ0) is 49.2. The Hall–Kier alpha value is -1.93. The van der Waals surface area contributed by atoms with E-state index in [-0.39, 0.29) is 12.8 Å². The average Bonchev–Trinajstić information content (AvgIpc) is 3.31. The molecule has 0 amide bonds. The third-order valence-corrected chi connectivity index (χ3v) is 13.6. The van der Waals surface area contributed by atoms with Crippen LogP contribution in [-0.4, -0.2) is 98.3 Å². The van der Waals surface area contributed by atoms with Gasteiger partial charge in [0.1, 0.15) is 43.2 Å². The highest BCUT2D eigenvalue weighted by molar-refractivity contribution is 7.47. The molecule has 13 nitrogen and oxygen atoms in total. The normalized spacial score (nSPS) is 21.2. The Morgan fingerprint density at radius 2 is 0.866 bits per heavy atom. The SMILES string of the molecule is C=CCCCCCCCCCCCCCCCC(=O)OC[C@H](COP(=O)(O)OC1C(O)C(O)C(O)[C@@H](O)C1O)OC(=O)CCC/C=C/CC/C=C/CCCCCCCCCCCCCCCC. The lowest BCUT2D eigenvalue weighted by Gasteiger charge is -2.41. The summed E-state index contributed by atoms with van der Waals surface area (Å²) in [6.07, 6.45) is 36.7. The molecule has 0 heterocycles. The van der Waals surface area contributed by atoms with Crippen molar-refractivity contribution in [2.75, 3.05) is 13.2 Å². The molecule has 0 radical (unpaired) electrons. The van der Waals surface area contributed by atoms with Gasteiger partial charge in [0.2, 0.25) is 0 Å². The number of esters is 2. The van der Waals surface area contributed by atoms with Crippen molar-refractivity contribution < 1.29 is 63.1 Å². The van der Waals surface area contributed by atoms with Gasteiger partial charge in [0.25, 0.3) is 0 Å². The van der Waals surface area contributed by atoms with Crippen molar-refractivity contribution in [3.8, 4) is 0 Å². The summed E-state index contributed by atoms with van der Waals surface area (Å²) in [5.74, 6) is -1.14. The minimum atomic E-state index is -5.13. The predicted octanol–water partition coefficient (Wildman–Crippen LogP) is 11.7. The molecule has 0 saturated heterocycles. The van der Waals surface area contributed by atoms with Gasteiger partial charge in [0.15, 0.2) is 6.10 Å². The molecular formula is C53H97O13P. The van der Waals surface area contributed by atoms with Crippen LogP contribution in [0.1, 0.15) is 232 Å². The molecule has 1 rings (SSSR count). The largest absolute Gasteiger partial charge is 0.472 e. The van der Waals surface area contributed by atoms with Crippen molar-refractivity contribution in [3.05, 3.63) is 37.0 Å². The summed E-state index contributed by atoms with van der Waals surface area (Å²) in [6.45, 7) is 4.83. The Morgan fingerprint density at radius 1 is 0.493 bits per heavy atom. The number of hydrogen-bond acceptors (Lipinski definition) is 12. The van der Waals surface area contributed by atoms with Gasteiger partial charge >= 0.3 is 19.8 Å². The van der Waals surface area contributed by atoms with E-state index in [1.165, 1.54) is 148 Å². The molecular weight excluding hydrogens is 876 g/mol. The smallest absolute Gasteiger partial charge is 0.462 e. The number of aliphatic hydroxyl groups is 5. The quantitative estimate of drug-likeness (QED) is 0.0145. The van der Waals surface area contributed by atoms with Crippen molar-refractivity contribution in [3.63, 3.8) is 0 Å². The zero-order valence-corrected chi connectivity index (χ0v) is 42.7. The Labute approximate surface area is 406 Å². The number of unbranched alkanes of at least 4 members (excludes halogenated alkanes) is 29. The van der Waals surface area contributed by atoms with Crippen LogP contribution in [0.15, 0.2) is 37.0 Å². The number of hydrogen-bond donors (Lipinski definition) is 6. The molecule has 8 atom stereocenters. The first-order valence-corrected chi connectivity index (χ1v) is 28.2. The number of phosphoric acid groups is 1. The number of aliphatic hydroxyl groups excluding tert-OH is 5. The van der Waals surface area contributed by atoms with Gasteiger partial charge in [0, 0.05) is 12.8 Å². The number of rotatable bonds is 46. The van der Waals surface area contributed by atoms with Crippen molar-refractivity contribution >= 4 is 19.8 Å². The van der Waals surface area contributed by atoms with Crippen LogP contribution < -0.4 is 0 Å². The summed E-state index contributed by atoms with van der Waals surface area (Å²) in [7, 11) is -5.13. The first-order valence-electron chi connectivity index (χ1n) is 26.8. The first kappa shape index (κ1) is 63.1. The molecule has 1 aliphatic carbocycles. The van der Waals surface area contributed by atoms with E-state index in [2.05, 4.69) is 31.7 Å². The molecule has 6 N–H and O–H groups in total. The summed E-state index contributed by atoms with van der Waals surface area (Å²) < 4.78 is 33.6. The van der Waals surface area contributed by atoms with E-state index in [9.17, 15) is 44.6 Å². The summed E-state index contributed by atoms with van der Waals surface area (Å²) in [5, 5.41) is 50.3. The highest BCUT2D eigenvalue weighted by Crippen LogP contribution is 2.47. The maximum atomic E-state index is 12.8. The zero-order valence-electron chi connectivity index (χ0n) is 41.8. The van der Waals surface area contributed by atoms with Crippen molar-refractivity contribution in [1.82, 2.24) is 0 Å². The van der Waals surface area contributed by atoms with Crippen LogP contribution in [-0.2, 0) is 32.7 Å². The van der Waals surface area contributed by atoms with E-state index in [4.69, 9.17) is 18.5 Å². The molecule has 1 aliphatic rings. The average molecular weight is 973 g/mol. The Kier molecular flexibility index (Phi) is 40.4. The fourth-order valence-corrected chi connectivity index (χ4v) is 9.26. The van der Waals surface area contributed by atoms with Crippen LogP contribution in [0, 0.1) is 0 Å². The van der Waals surface area contributed by atoms with Crippen LogP contribution >= 0.6 is 7.82 Å². The molecule has 67 heavy (non-hydrogen) atoms. The van der Waals surface area contributed by atoms with E-state index in [0.29, 0.717) is 19.3 Å². The molecule has 0 aromatic heterocycles. The molecule has 0 spiro atoms. The molecule has 392 valence electrons. The van der Waals surface area contributed by atoms with Gasteiger partial charge in [-0.25, -0.2) is 4.57 Å². The minimum absolute atomic E-state index is 0.0379. The third kappa shape index (κ3) is 34.9. The van der Waals surface area contributed by atoms with Gasteiger partial charge in [-0.2, -0.15) is 0 Å². The maximum absolute atomic E-state index is 12.8. The van der Waals surface area contributed by atoms with Gasteiger partial charge in [-0.05, 0) is 57.8 Å². The maximum Gasteiger partial charge on any atom is 0.472 e. The van der Waals surface area contributed by atoms with Gasteiger partial charge in [0.05, 0.1) is 6.61 Å². The van der Waals surface area contributed by atoms with E-state index >= 15 is 0 Å². The molecule has 0 aromatic rings. The summed E-state index contributed by atoms with van der Waals surface area (Å²) in [5.41, 5.74) is 0. The number of allylic oxidation sites excluding steroid dienone is 5. The van der Waals surface area contributed by atoms with Gasteiger partial charge in [-0.3, -0.25) is 18.6 Å². The summed E-state index contributed by atoms with van der Waals surface area (Å²) >= 11 is 0. The van der Waals surface area contributed by atoms with Crippen LogP contribution in [0.3, 0.4) is 0 Å². The molecule has 1 fully saturated rings. The lowest BCUT2D eigenvalue weighted by molar-refractivity contribution is -0.220. The Balaban J connectivity index is 2.38. The molecule has 1 saturated carbocycles. The second kappa shape index (κ2) is 42.9. The Bertz CT molecular complexity index is 1300. The summed E-state index contributed by atoms with van der Waals surface area (Å²) in [4.78, 5) is 35.8. The molecule has 0 aromatic carbocycles. The van der Waals surface area contributed by atoms with Crippen LogP contribution in [0.2, 0.25) is 0 Å².